The molecule has 0 heterocycles. The molecule has 0 aromatic heterocycles. The number of hydrogen-bond donors (Lipinski definition) is 2. The van der Waals surface area contributed by atoms with Crippen LogP contribution in [0.3, 0.4) is 0 Å². The number of nitrogens with one attached hydrogen (secondary N) is 2. The fourth-order valence-electron chi connectivity index (χ4n) is 1.94. The summed E-state index contributed by atoms with van der Waals surface area (Å²) in [6, 6.07) is 4.97. The van der Waals surface area contributed by atoms with Gasteiger partial charge in [0.2, 0.25) is 5.91 Å². The Hall–Kier alpha value is -1.36. The number of rotatable bonds is 5. The molecule has 0 aliphatic rings. The largest absolute Gasteiger partial charge is 0.357 e. The summed E-state index contributed by atoms with van der Waals surface area (Å²) in [7, 11) is 1.57. The third kappa shape index (κ3) is 4.34. The number of likely N-dealkylation sites (N-methyl/N-ethyl adjacent to an activating group) is 1. The summed E-state index contributed by atoms with van der Waals surface area (Å²) in [5, 5.41) is 5.39. The molecule has 1 unspecified atom stereocenters. The summed E-state index contributed by atoms with van der Waals surface area (Å²) in [5.74, 6) is -0.0933. The minimum Gasteiger partial charge on any atom is -0.357 e. The number of carbonyl (C=O) groups is 2. The second-order valence-corrected chi connectivity index (χ2v) is 6.00. The highest BCUT2D eigenvalue weighted by Crippen LogP contribution is 2.21. The van der Waals surface area contributed by atoms with Crippen LogP contribution in [0.1, 0.15) is 36.2 Å². The number of carbonyl (C=O) groups excluding carboxylic acids is 2. The van der Waals surface area contributed by atoms with Crippen LogP contribution in [-0.2, 0) is 4.79 Å². The monoisotopic (exact) mass is 340 g/mol. The molecule has 2 amide bonds. The Bertz CT molecular complexity index is 501. The van der Waals surface area contributed by atoms with Crippen LogP contribution in [-0.4, -0.2) is 24.9 Å². The molecule has 0 spiro atoms. The molecular weight excluding hydrogens is 320 g/mol. The molecule has 0 aliphatic heterocycles. The van der Waals surface area contributed by atoms with Crippen LogP contribution in [0.15, 0.2) is 22.7 Å². The normalized spacial score (nSPS) is 12.1. The van der Waals surface area contributed by atoms with Crippen molar-refractivity contribution in [1.29, 1.82) is 0 Å². The predicted molar refractivity (Wildman–Crippen MR) is 83.7 cm³/mol. The van der Waals surface area contributed by atoms with Crippen LogP contribution < -0.4 is 10.6 Å². The summed E-state index contributed by atoms with van der Waals surface area (Å²) in [6.07, 6.45) is 0.606. The number of benzene rings is 1. The van der Waals surface area contributed by atoms with Gasteiger partial charge in [-0.25, -0.2) is 0 Å². The standard InChI is InChI=1S/C15H21BrN2O2/c1-9(2)8-12(15(20)17-4)18-14(19)11-7-5-6-10(3)13(11)16/h5-7,9,12H,8H2,1-4H3,(H,17,20)(H,18,19). The third-order valence-electron chi connectivity index (χ3n) is 3.01. The van der Waals surface area contributed by atoms with Crippen molar-refractivity contribution >= 4 is 27.7 Å². The van der Waals surface area contributed by atoms with Crippen LogP contribution in [0, 0.1) is 12.8 Å². The second-order valence-electron chi connectivity index (χ2n) is 5.21. The zero-order valence-electron chi connectivity index (χ0n) is 12.3. The average molecular weight is 341 g/mol. The molecule has 0 saturated carbocycles. The Morgan fingerprint density at radius 2 is 1.95 bits per heavy atom. The van der Waals surface area contributed by atoms with Crippen molar-refractivity contribution in [2.75, 3.05) is 7.05 Å². The molecule has 4 nitrogen and oxygen atoms in total. The van der Waals surface area contributed by atoms with Gasteiger partial charge in [-0.05, 0) is 46.8 Å². The van der Waals surface area contributed by atoms with Crippen LogP contribution in [0.2, 0.25) is 0 Å². The van der Waals surface area contributed by atoms with E-state index in [1.54, 1.807) is 13.1 Å². The Morgan fingerprint density at radius 3 is 2.50 bits per heavy atom. The lowest BCUT2D eigenvalue weighted by Gasteiger charge is -2.19. The van der Waals surface area contributed by atoms with Gasteiger partial charge in [-0.2, -0.15) is 0 Å². The molecule has 1 atom stereocenters. The van der Waals surface area contributed by atoms with Gasteiger partial charge >= 0.3 is 0 Å². The molecule has 1 aromatic rings. The zero-order valence-corrected chi connectivity index (χ0v) is 13.9. The Labute approximate surface area is 128 Å². The molecule has 1 aromatic carbocycles. The van der Waals surface area contributed by atoms with E-state index in [-0.39, 0.29) is 11.8 Å². The first-order valence-electron chi connectivity index (χ1n) is 6.64. The van der Waals surface area contributed by atoms with E-state index in [0.29, 0.717) is 17.9 Å². The topological polar surface area (TPSA) is 58.2 Å². The number of aryl methyl sites for hydroxylation is 1. The molecule has 20 heavy (non-hydrogen) atoms. The second kappa shape index (κ2) is 7.43. The van der Waals surface area contributed by atoms with Gasteiger partial charge in [0.1, 0.15) is 6.04 Å². The van der Waals surface area contributed by atoms with E-state index in [2.05, 4.69) is 26.6 Å². The van der Waals surface area contributed by atoms with E-state index in [9.17, 15) is 9.59 Å². The maximum Gasteiger partial charge on any atom is 0.253 e. The Balaban J connectivity index is 2.90. The molecule has 0 fully saturated rings. The highest BCUT2D eigenvalue weighted by Gasteiger charge is 2.22. The first-order valence-corrected chi connectivity index (χ1v) is 7.43. The summed E-state index contributed by atoms with van der Waals surface area (Å²) < 4.78 is 0.762. The predicted octanol–water partition coefficient (Wildman–Crippen LogP) is 2.65. The maximum absolute atomic E-state index is 12.3. The van der Waals surface area contributed by atoms with E-state index in [1.165, 1.54) is 0 Å². The number of amides is 2. The summed E-state index contributed by atoms with van der Waals surface area (Å²) >= 11 is 3.41. The summed E-state index contributed by atoms with van der Waals surface area (Å²) in [4.78, 5) is 24.1. The van der Waals surface area contributed by atoms with Gasteiger partial charge in [0.15, 0.2) is 0 Å². The molecule has 0 aliphatic carbocycles. The van der Waals surface area contributed by atoms with E-state index >= 15 is 0 Å². The maximum atomic E-state index is 12.3. The molecular formula is C15H21BrN2O2. The van der Waals surface area contributed by atoms with E-state index < -0.39 is 6.04 Å². The average Bonchev–Trinajstić information content (AvgIpc) is 2.39. The first-order chi connectivity index (χ1) is 9.36. The molecule has 0 radical (unpaired) electrons. The Kier molecular flexibility index (Phi) is 6.20. The minimum atomic E-state index is -0.514. The molecule has 5 heteroatoms. The Morgan fingerprint density at radius 1 is 1.30 bits per heavy atom. The number of hydrogen-bond acceptors (Lipinski definition) is 2. The summed E-state index contributed by atoms with van der Waals surface area (Å²) in [6.45, 7) is 5.96. The van der Waals surface area contributed by atoms with Gasteiger partial charge in [0, 0.05) is 11.5 Å². The van der Waals surface area contributed by atoms with Crippen molar-refractivity contribution < 1.29 is 9.59 Å². The molecule has 110 valence electrons. The van der Waals surface area contributed by atoms with Crippen molar-refractivity contribution in [3.8, 4) is 0 Å². The highest BCUT2D eigenvalue weighted by molar-refractivity contribution is 9.10. The number of halogens is 1. The van der Waals surface area contributed by atoms with Crippen molar-refractivity contribution in [2.24, 2.45) is 5.92 Å². The quantitative estimate of drug-likeness (QED) is 0.865. The zero-order chi connectivity index (χ0) is 15.3. The van der Waals surface area contributed by atoms with Gasteiger partial charge in [-0.1, -0.05) is 26.0 Å². The fraction of sp³-hybridized carbons (Fsp3) is 0.467. The highest BCUT2D eigenvalue weighted by atomic mass is 79.9. The lowest BCUT2D eigenvalue weighted by atomic mass is 10.0. The first kappa shape index (κ1) is 16.7. The van der Waals surface area contributed by atoms with Gasteiger partial charge in [0.05, 0.1) is 5.56 Å². The van der Waals surface area contributed by atoms with Gasteiger partial charge in [0.25, 0.3) is 5.91 Å². The van der Waals surface area contributed by atoms with E-state index in [1.807, 2.05) is 32.9 Å². The molecule has 1 rings (SSSR count). The summed E-state index contributed by atoms with van der Waals surface area (Å²) in [5.41, 5.74) is 1.53. The SMILES string of the molecule is CNC(=O)C(CC(C)C)NC(=O)c1cccc(C)c1Br. The van der Waals surface area contributed by atoms with Crippen LogP contribution in [0.25, 0.3) is 0 Å². The van der Waals surface area contributed by atoms with Gasteiger partial charge < -0.3 is 10.6 Å². The van der Waals surface area contributed by atoms with Gasteiger partial charge in [-0.15, -0.1) is 0 Å². The van der Waals surface area contributed by atoms with Crippen molar-refractivity contribution in [2.45, 2.75) is 33.2 Å². The van der Waals surface area contributed by atoms with Crippen LogP contribution in [0.4, 0.5) is 0 Å². The van der Waals surface area contributed by atoms with Crippen molar-refractivity contribution in [3.05, 3.63) is 33.8 Å². The molecule has 0 saturated heterocycles. The van der Waals surface area contributed by atoms with Crippen molar-refractivity contribution in [1.82, 2.24) is 10.6 Å². The fourth-order valence-corrected chi connectivity index (χ4v) is 2.38. The smallest absolute Gasteiger partial charge is 0.253 e. The van der Waals surface area contributed by atoms with Crippen LogP contribution >= 0.6 is 15.9 Å². The molecule has 2 N–H and O–H groups in total. The van der Waals surface area contributed by atoms with Gasteiger partial charge in [-0.3, -0.25) is 9.59 Å². The minimum absolute atomic E-state index is 0.171. The lowest BCUT2D eigenvalue weighted by Crippen LogP contribution is -2.46. The van der Waals surface area contributed by atoms with E-state index in [0.717, 1.165) is 10.0 Å². The third-order valence-corrected chi connectivity index (χ3v) is 4.06. The van der Waals surface area contributed by atoms with E-state index in [4.69, 9.17) is 0 Å². The van der Waals surface area contributed by atoms with Crippen LogP contribution in [0.5, 0.6) is 0 Å². The lowest BCUT2D eigenvalue weighted by molar-refractivity contribution is -0.122. The molecule has 0 bridgehead atoms. The van der Waals surface area contributed by atoms with Crippen molar-refractivity contribution in [3.63, 3.8) is 0 Å².